The maximum Gasteiger partial charge on any atom is 0.338 e. The third-order valence-corrected chi connectivity index (χ3v) is 6.91. The van der Waals surface area contributed by atoms with Crippen LogP contribution in [0.25, 0.3) is 6.08 Å². The summed E-state index contributed by atoms with van der Waals surface area (Å²) in [4.78, 5) is 27.5. The highest BCUT2D eigenvalue weighted by molar-refractivity contribution is 8.02. The van der Waals surface area contributed by atoms with E-state index >= 15 is 0 Å². The highest BCUT2D eigenvalue weighted by Crippen LogP contribution is 2.41. The molecule has 0 radical (unpaired) electrons. The predicted octanol–water partition coefficient (Wildman–Crippen LogP) is 3.53. The highest BCUT2D eigenvalue weighted by Gasteiger charge is 2.46. The molecule has 2 aliphatic rings. The third kappa shape index (κ3) is 4.60. The van der Waals surface area contributed by atoms with Crippen molar-refractivity contribution in [3.05, 3.63) is 92.6 Å². The number of benzene rings is 2. The molecule has 4 rings (SSSR count). The first-order valence-electron chi connectivity index (χ1n) is 10.7. The molecule has 2 aliphatic heterocycles. The second-order valence-electron chi connectivity index (χ2n) is 8.02. The molecule has 0 spiro atoms. The van der Waals surface area contributed by atoms with Crippen molar-refractivity contribution in [2.75, 3.05) is 44.3 Å². The molecule has 9 heteroatoms. The van der Waals surface area contributed by atoms with Crippen molar-refractivity contribution in [1.82, 2.24) is 9.80 Å². The lowest BCUT2D eigenvalue weighted by molar-refractivity contribution is -0.403. The van der Waals surface area contributed by atoms with E-state index in [2.05, 4.69) is 10.2 Å². The van der Waals surface area contributed by atoms with Gasteiger partial charge in [0.1, 0.15) is 5.03 Å². The Morgan fingerprint density at radius 2 is 1.82 bits per heavy atom. The summed E-state index contributed by atoms with van der Waals surface area (Å²) in [5.74, 6) is -0.952. The number of carboxylic acids is 1. The van der Waals surface area contributed by atoms with E-state index in [1.165, 1.54) is 11.8 Å². The van der Waals surface area contributed by atoms with E-state index in [1.54, 1.807) is 0 Å². The molecule has 0 aliphatic carbocycles. The standard InChI is InChI=1S/C24H26N4O4S/c1-33-22(17-28(31)32)27-13-11-26(12-14-27)16-20-15-18-7-5-6-10-21(18)25-24(20,23(29)30)19-8-3-2-4-9-19/h2-10,15,17,25H,11-14,16H2,1H3,(H,29,30)/b22-17-. The topological polar surface area (TPSA) is 99.0 Å². The van der Waals surface area contributed by atoms with Gasteiger partial charge in [0, 0.05) is 38.4 Å². The molecule has 2 aromatic carbocycles. The molecule has 2 N–H and O–H groups in total. The maximum absolute atomic E-state index is 12.8. The molecule has 172 valence electrons. The normalized spacial score (nSPS) is 21.1. The minimum atomic E-state index is -1.37. The van der Waals surface area contributed by atoms with Crippen LogP contribution in [0, 0.1) is 10.1 Å². The minimum Gasteiger partial charge on any atom is -0.479 e. The molecule has 33 heavy (non-hydrogen) atoms. The van der Waals surface area contributed by atoms with Crippen molar-refractivity contribution in [3.63, 3.8) is 0 Å². The van der Waals surface area contributed by atoms with Crippen molar-refractivity contribution in [2.45, 2.75) is 5.54 Å². The zero-order valence-electron chi connectivity index (χ0n) is 18.3. The molecule has 0 bridgehead atoms. The number of anilines is 1. The molecular formula is C24H26N4O4S. The van der Waals surface area contributed by atoms with Crippen LogP contribution in [0.15, 0.2) is 71.4 Å². The van der Waals surface area contributed by atoms with Crippen LogP contribution in [-0.4, -0.2) is 64.8 Å². The van der Waals surface area contributed by atoms with Crippen LogP contribution in [0.4, 0.5) is 5.69 Å². The molecule has 1 unspecified atom stereocenters. The van der Waals surface area contributed by atoms with Gasteiger partial charge in [-0.15, -0.1) is 11.8 Å². The summed E-state index contributed by atoms with van der Waals surface area (Å²) in [6.07, 6.45) is 4.87. The van der Waals surface area contributed by atoms with Gasteiger partial charge in [-0.05, 0) is 35.1 Å². The lowest BCUT2D eigenvalue weighted by Crippen LogP contribution is -2.52. The highest BCUT2D eigenvalue weighted by atomic mass is 32.2. The maximum atomic E-state index is 12.8. The Balaban J connectivity index is 1.63. The fourth-order valence-corrected chi connectivity index (χ4v) is 5.09. The van der Waals surface area contributed by atoms with Crippen LogP contribution in [0.1, 0.15) is 11.1 Å². The van der Waals surface area contributed by atoms with Gasteiger partial charge in [-0.3, -0.25) is 15.0 Å². The Kier molecular flexibility index (Phi) is 6.71. The largest absolute Gasteiger partial charge is 0.479 e. The zero-order chi connectivity index (χ0) is 23.4. The summed E-state index contributed by atoms with van der Waals surface area (Å²) in [5, 5.41) is 25.4. The van der Waals surface area contributed by atoms with Crippen LogP contribution in [0.3, 0.4) is 0 Å². The number of hydrogen-bond donors (Lipinski definition) is 2. The molecule has 2 aromatic rings. The van der Waals surface area contributed by atoms with E-state index in [0.29, 0.717) is 43.3 Å². The fourth-order valence-electron chi connectivity index (χ4n) is 4.46. The number of para-hydroxylation sites is 1. The number of piperazine rings is 1. The number of thioether (sulfide) groups is 1. The molecule has 8 nitrogen and oxygen atoms in total. The van der Waals surface area contributed by atoms with E-state index < -0.39 is 16.4 Å². The van der Waals surface area contributed by atoms with Gasteiger partial charge in [-0.2, -0.15) is 0 Å². The number of nitro groups is 1. The van der Waals surface area contributed by atoms with Gasteiger partial charge in [0.2, 0.25) is 0 Å². The first kappa shape index (κ1) is 22.9. The van der Waals surface area contributed by atoms with Crippen molar-refractivity contribution in [2.24, 2.45) is 0 Å². The van der Waals surface area contributed by atoms with Crippen LogP contribution >= 0.6 is 11.8 Å². The summed E-state index contributed by atoms with van der Waals surface area (Å²) in [6.45, 7) is 3.12. The van der Waals surface area contributed by atoms with Gasteiger partial charge >= 0.3 is 5.97 Å². The number of nitrogens with one attached hydrogen (secondary N) is 1. The van der Waals surface area contributed by atoms with Crippen LogP contribution in [-0.2, 0) is 10.3 Å². The van der Waals surface area contributed by atoms with Gasteiger partial charge in [0.15, 0.2) is 5.54 Å². The van der Waals surface area contributed by atoms with Gasteiger partial charge in [-0.25, -0.2) is 4.79 Å². The number of carbonyl (C=O) groups is 1. The van der Waals surface area contributed by atoms with Crippen LogP contribution in [0.2, 0.25) is 0 Å². The van der Waals surface area contributed by atoms with E-state index in [1.807, 2.05) is 71.8 Å². The number of rotatable bonds is 7. The number of nitrogens with zero attached hydrogens (tertiary/aromatic N) is 3. The number of fused-ring (bicyclic) bond motifs is 1. The monoisotopic (exact) mass is 466 g/mol. The minimum absolute atomic E-state index is 0.421. The molecule has 0 aromatic heterocycles. The van der Waals surface area contributed by atoms with Crippen molar-refractivity contribution < 1.29 is 14.8 Å². The first-order chi connectivity index (χ1) is 15.9. The first-order valence-corrected chi connectivity index (χ1v) is 11.9. The molecule has 1 fully saturated rings. The Bertz CT molecular complexity index is 1100. The average Bonchev–Trinajstić information content (AvgIpc) is 2.83. The molecule has 0 saturated carbocycles. The third-order valence-electron chi connectivity index (χ3n) is 6.12. The summed E-state index contributed by atoms with van der Waals surface area (Å²) in [6, 6.07) is 17.0. The Hall–Kier alpha value is -3.30. The summed E-state index contributed by atoms with van der Waals surface area (Å²) < 4.78 is 0. The molecule has 2 heterocycles. The number of aliphatic carboxylic acids is 1. The van der Waals surface area contributed by atoms with Crippen molar-refractivity contribution in [3.8, 4) is 0 Å². The van der Waals surface area contributed by atoms with Crippen LogP contribution < -0.4 is 5.32 Å². The molecule has 1 saturated heterocycles. The Morgan fingerprint density at radius 3 is 2.45 bits per heavy atom. The summed E-state index contributed by atoms with van der Waals surface area (Å²) >= 11 is 1.36. The number of carboxylic acid groups (broad SMARTS) is 1. The second kappa shape index (κ2) is 9.68. The van der Waals surface area contributed by atoms with Gasteiger partial charge < -0.3 is 15.3 Å². The summed E-state index contributed by atoms with van der Waals surface area (Å²) in [5.41, 5.74) is 1.81. The SMILES string of the molecule is CS/C(=C\[N+](=O)[O-])N1CCN(CC2=Cc3ccccc3NC2(C(=O)O)c2ccccc2)CC1. The molecular weight excluding hydrogens is 440 g/mol. The van der Waals surface area contributed by atoms with Gasteiger partial charge in [0.05, 0.1) is 4.92 Å². The average molecular weight is 467 g/mol. The molecule has 0 amide bonds. The lowest BCUT2D eigenvalue weighted by Gasteiger charge is -2.42. The zero-order valence-corrected chi connectivity index (χ0v) is 19.1. The Labute approximate surface area is 196 Å². The smallest absolute Gasteiger partial charge is 0.338 e. The van der Waals surface area contributed by atoms with Crippen LogP contribution in [0.5, 0.6) is 0 Å². The van der Waals surface area contributed by atoms with E-state index in [4.69, 9.17) is 0 Å². The van der Waals surface area contributed by atoms with Gasteiger partial charge in [0.25, 0.3) is 6.20 Å². The van der Waals surface area contributed by atoms with Gasteiger partial charge in [-0.1, -0.05) is 48.5 Å². The Morgan fingerprint density at radius 1 is 1.15 bits per heavy atom. The quantitative estimate of drug-likeness (QED) is 0.472. The van der Waals surface area contributed by atoms with Crippen molar-refractivity contribution in [1.29, 1.82) is 0 Å². The fraction of sp³-hybridized carbons (Fsp3) is 0.292. The van der Waals surface area contributed by atoms with Crippen molar-refractivity contribution >= 4 is 29.5 Å². The number of hydrogen-bond acceptors (Lipinski definition) is 7. The lowest BCUT2D eigenvalue weighted by atomic mass is 9.78. The second-order valence-corrected chi connectivity index (χ2v) is 8.85. The van der Waals surface area contributed by atoms with E-state index in [0.717, 1.165) is 23.0 Å². The summed E-state index contributed by atoms with van der Waals surface area (Å²) in [7, 11) is 0. The van der Waals surface area contributed by atoms with E-state index in [9.17, 15) is 20.0 Å². The van der Waals surface area contributed by atoms with E-state index in [-0.39, 0.29) is 0 Å². The molecule has 1 atom stereocenters. The predicted molar refractivity (Wildman–Crippen MR) is 130 cm³/mol.